The summed E-state index contributed by atoms with van der Waals surface area (Å²) in [5.41, 5.74) is 2.92. The molecule has 1 atom stereocenters. The molecular formula is C20H23N3O2S. The Hall–Kier alpha value is -2.34. The van der Waals surface area contributed by atoms with Crippen molar-refractivity contribution in [1.29, 1.82) is 0 Å². The standard InChI is InChI=1S/C20H23N3O2S/c1-5-13(2)15-6-8-16(9-7-15)18(24)12-26-20-22-21-19(23(20)4)17-10-11-25-14(17)3/h6-11,13H,5,12H2,1-4H3/t13-/m0/s1. The molecule has 2 heterocycles. The molecule has 0 unspecified atom stereocenters. The summed E-state index contributed by atoms with van der Waals surface area (Å²) in [6.07, 6.45) is 2.73. The molecule has 26 heavy (non-hydrogen) atoms. The van der Waals surface area contributed by atoms with E-state index in [2.05, 4.69) is 24.0 Å². The van der Waals surface area contributed by atoms with E-state index in [4.69, 9.17) is 4.42 Å². The number of hydrogen-bond donors (Lipinski definition) is 0. The Bertz CT molecular complexity index is 896. The Morgan fingerprint density at radius 2 is 1.96 bits per heavy atom. The first-order valence-electron chi connectivity index (χ1n) is 8.71. The number of aryl methyl sites for hydroxylation is 1. The topological polar surface area (TPSA) is 60.9 Å². The van der Waals surface area contributed by atoms with Crippen LogP contribution in [-0.4, -0.2) is 26.3 Å². The molecule has 0 aliphatic heterocycles. The van der Waals surface area contributed by atoms with Crippen LogP contribution in [0.1, 0.15) is 47.9 Å². The van der Waals surface area contributed by atoms with Crippen molar-refractivity contribution < 1.29 is 9.21 Å². The summed E-state index contributed by atoms with van der Waals surface area (Å²) >= 11 is 1.40. The summed E-state index contributed by atoms with van der Waals surface area (Å²) in [4.78, 5) is 12.5. The van der Waals surface area contributed by atoms with Crippen LogP contribution in [0.25, 0.3) is 11.4 Å². The first kappa shape index (κ1) is 18.5. The SMILES string of the molecule is CC[C@H](C)c1ccc(C(=O)CSc2nnc(-c3ccoc3C)n2C)cc1. The average molecular weight is 369 g/mol. The van der Waals surface area contributed by atoms with E-state index in [9.17, 15) is 4.79 Å². The van der Waals surface area contributed by atoms with Gasteiger partial charge in [-0.1, -0.05) is 49.9 Å². The van der Waals surface area contributed by atoms with Crippen LogP contribution in [0.4, 0.5) is 0 Å². The Kier molecular flexibility index (Phi) is 5.61. The van der Waals surface area contributed by atoms with Gasteiger partial charge in [0.25, 0.3) is 0 Å². The summed E-state index contributed by atoms with van der Waals surface area (Å²) < 4.78 is 7.22. The van der Waals surface area contributed by atoms with E-state index in [0.717, 1.165) is 29.1 Å². The highest BCUT2D eigenvalue weighted by Crippen LogP contribution is 2.26. The van der Waals surface area contributed by atoms with Crippen LogP contribution in [-0.2, 0) is 7.05 Å². The number of carbonyl (C=O) groups excluding carboxylic acids is 1. The first-order valence-corrected chi connectivity index (χ1v) is 9.69. The van der Waals surface area contributed by atoms with Gasteiger partial charge in [-0.15, -0.1) is 10.2 Å². The second-order valence-electron chi connectivity index (χ2n) is 6.40. The highest BCUT2D eigenvalue weighted by molar-refractivity contribution is 7.99. The van der Waals surface area contributed by atoms with Gasteiger partial charge in [0.15, 0.2) is 16.8 Å². The van der Waals surface area contributed by atoms with Gasteiger partial charge in [0.1, 0.15) is 5.76 Å². The van der Waals surface area contributed by atoms with Crippen LogP contribution in [0, 0.1) is 6.92 Å². The minimum atomic E-state index is 0.0924. The number of thioether (sulfide) groups is 1. The number of nitrogens with zero attached hydrogens (tertiary/aromatic N) is 3. The van der Waals surface area contributed by atoms with Gasteiger partial charge in [0.2, 0.25) is 0 Å². The summed E-state index contributed by atoms with van der Waals surface area (Å²) in [5, 5.41) is 9.15. The quantitative estimate of drug-likeness (QED) is 0.439. The second-order valence-corrected chi connectivity index (χ2v) is 7.34. The zero-order valence-corrected chi connectivity index (χ0v) is 16.3. The predicted octanol–water partition coefficient (Wildman–Crippen LogP) is 4.87. The third-order valence-electron chi connectivity index (χ3n) is 4.68. The Morgan fingerprint density at radius 1 is 1.23 bits per heavy atom. The van der Waals surface area contributed by atoms with E-state index in [0.29, 0.717) is 16.8 Å². The number of rotatable bonds is 7. The highest BCUT2D eigenvalue weighted by Gasteiger charge is 2.16. The highest BCUT2D eigenvalue weighted by atomic mass is 32.2. The van der Waals surface area contributed by atoms with Gasteiger partial charge >= 0.3 is 0 Å². The molecule has 6 heteroatoms. The number of aromatic nitrogens is 3. The predicted molar refractivity (Wildman–Crippen MR) is 104 cm³/mol. The summed E-state index contributed by atoms with van der Waals surface area (Å²) in [5.74, 6) is 2.48. The zero-order chi connectivity index (χ0) is 18.7. The molecule has 0 saturated carbocycles. The van der Waals surface area contributed by atoms with Crippen molar-refractivity contribution in [2.24, 2.45) is 7.05 Å². The lowest BCUT2D eigenvalue weighted by Gasteiger charge is -2.09. The van der Waals surface area contributed by atoms with Crippen molar-refractivity contribution in [3.05, 3.63) is 53.5 Å². The molecule has 0 amide bonds. The number of carbonyl (C=O) groups is 1. The van der Waals surface area contributed by atoms with Gasteiger partial charge in [0.05, 0.1) is 17.6 Å². The van der Waals surface area contributed by atoms with E-state index < -0.39 is 0 Å². The third kappa shape index (κ3) is 3.75. The number of Topliss-reactive ketones (excluding diaryl/α,β-unsaturated/α-hetero) is 1. The van der Waals surface area contributed by atoms with Gasteiger partial charge in [0, 0.05) is 12.6 Å². The summed E-state index contributed by atoms with van der Waals surface area (Å²) in [6, 6.07) is 9.81. The van der Waals surface area contributed by atoms with Gasteiger partial charge in [-0.05, 0) is 30.9 Å². The zero-order valence-electron chi connectivity index (χ0n) is 15.5. The monoisotopic (exact) mass is 369 g/mol. The molecule has 1 aromatic carbocycles. The fraction of sp³-hybridized carbons (Fsp3) is 0.350. The lowest BCUT2D eigenvalue weighted by molar-refractivity contribution is 0.102. The number of furan rings is 1. The normalized spacial score (nSPS) is 12.3. The molecule has 3 aromatic rings. The van der Waals surface area contributed by atoms with Gasteiger partial charge < -0.3 is 8.98 Å². The third-order valence-corrected chi connectivity index (χ3v) is 5.70. The maximum atomic E-state index is 12.5. The Balaban J connectivity index is 1.67. The van der Waals surface area contributed by atoms with Crippen molar-refractivity contribution in [3.8, 4) is 11.4 Å². The smallest absolute Gasteiger partial charge is 0.191 e. The van der Waals surface area contributed by atoms with Gasteiger partial charge in [-0.3, -0.25) is 4.79 Å². The van der Waals surface area contributed by atoms with Crippen molar-refractivity contribution in [2.75, 3.05) is 5.75 Å². The summed E-state index contributed by atoms with van der Waals surface area (Å²) in [6.45, 7) is 6.25. The molecule has 3 rings (SSSR count). The maximum Gasteiger partial charge on any atom is 0.191 e. The molecule has 0 fully saturated rings. The molecule has 0 N–H and O–H groups in total. The molecule has 5 nitrogen and oxygen atoms in total. The van der Waals surface area contributed by atoms with Crippen molar-refractivity contribution in [3.63, 3.8) is 0 Å². The second kappa shape index (κ2) is 7.91. The molecule has 0 aliphatic rings. The molecule has 0 aliphatic carbocycles. The van der Waals surface area contributed by atoms with Crippen molar-refractivity contribution in [2.45, 2.75) is 38.3 Å². The van der Waals surface area contributed by atoms with Crippen molar-refractivity contribution in [1.82, 2.24) is 14.8 Å². The molecule has 0 saturated heterocycles. The number of ketones is 1. The Labute approximate surface area is 157 Å². The van der Waals surface area contributed by atoms with Gasteiger partial charge in [-0.25, -0.2) is 0 Å². The van der Waals surface area contributed by atoms with Crippen LogP contribution >= 0.6 is 11.8 Å². The molecule has 0 radical (unpaired) electrons. The van der Waals surface area contributed by atoms with Crippen LogP contribution in [0.15, 0.2) is 46.2 Å². The van der Waals surface area contributed by atoms with E-state index >= 15 is 0 Å². The van der Waals surface area contributed by atoms with E-state index in [1.54, 1.807) is 6.26 Å². The Morgan fingerprint density at radius 3 is 2.58 bits per heavy atom. The molecular weight excluding hydrogens is 346 g/mol. The minimum Gasteiger partial charge on any atom is -0.469 e. The van der Waals surface area contributed by atoms with Gasteiger partial charge in [-0.2, -0.15) is 0 Å². The van der Waals surface area contributed by atoms with Crippen molar-refractivity contribution >= 4 is 17.5 Å². The lowest BCUT2D eigenvalue weighted by Crippen LogP contribution is -2.04. The number of hydrogen-bond acceptors (Lipinski definition) is 5. The fourth-order valence-corrected chi connectivity index (χ4v) is 3.54. The maximum absolute atomic E-state index is 12.5. The first-order chi connectivity index (χ1) is 12.5. The van der Waals surface area contributed by atoms with E-state index in [-0.39, 0.29) is 5.78 Å². The van der Waals surface area contributed by atoms with Crippen LogP contribution in [0.2, 0.25) is 0 Å². The van der Waals surface area contributed by atoms with Crippen LogP contribution < -0.4 is 0 Å². The molecule has 136 valence electrons. The minimum absolute atomic E-state index is 0.0924. The molecule has 0 spiro atoms. The van der Waals surface area contributed by atoms with Crippen LogP contribution in [0.3, 0.4) is 0 Å². The average Bonchev–Trinajstić information content (AvgIpc) is 3.24. The lowest BCUT2D eigenvalue weighted by atomic mass is 9.97. The molecule has 2 aromatic heterocycles. The fourth-order valence-electron chi connectivity index (χ4n) is 2.74. The number of benzene rings is 1. The largest absolute Gasteiger partial charge is 0.469 e. The van der Waals surface area contributed by atoms with E-state index in [1.165, 1.54) is 17.3 Å². The summed E-state index contributed by atoms with van der Waals surface area (Å²) in [7, 11) is 1.90. The van der Waals surface area contributed by atoms with E-state index in [1.807, 2.05) is 48.9 Å². The molecule has 0 bridgehead atoms. The van der Waals surface area contributed by atoms with Crippen LogP contribution in [0.5, 0.6) is 0 Å².